The van der Waals surface area contributed by atoms with E-state index in [-0.39, 0.29) is 19.4 Å². The number of amides is 2. The fraction of sp³-hybridized carbons (Fsp3) is 0.818. The molecule has 0 rings (SSSR count). The monoisotopic (exact) mass is 444 g/mol. The number of primary amides is 1. The second-order valence-electron chi connectivity index (χ2n) is 7.80. The van der Waals surface area contributed by atoms with Crippen molar-refractivity contribution in [2.75, 3.05) is 13.2 Å². The van der Waals surface area contributed by atoms with Crippen molar-refractivity contribution in [1.82, 2.24) is 5.32 Å². The van der Waals surface area contributed by atoms with E-state index in [4.69, 9.17) is 15.2 Å². The molecule has 31 heavy (non-hydrogen) atoms. The predicted octanol–water partition coefficient (Wildman–Crippen LogP) is 2.12. The van der Waals surface area contributed by atoms with Gasteiger partial charge in [0.2, 0.25) is 11.8 Å². The molecule has 0 spiro atoms. The van der Waals surface area contributed by atoms with Crippen LogP contribution in [0.3, 0.4) is 0 Å². The van der Waals surface area contributed by atoms with Gasteiger partial charge in [-0.1, -0.05) is 58.3 Å². The summed E-state index contributed by atoms with van der Waals surface area (Å²) in [4.78, 5) is 45.8. The van der Waals surface area contributed by atoms with E-state index in [9.17, 15) is 24.3 Å². The number of aliphatic hydroxyl groups excluding tert-OH is 1. The molecule has 9 nitrogen and oxygen atoms in total. The summed E-state index contributed by atoms with van der Waals surface area (Å²) in [6.07, 6.45) is 9.36. The van der Waals surface area contributed by atoms with Crippen molar-refractivity contribution in [2.45, 2.75) is 103 Å². The summed E-state index contributed by atoms with van der Waals surface area (Å²) in [7, 11) is 0. The van der Waals surface area contributed by atoms with Gasteiger partial charge >= 0.3 is 11.9 Å². The lowest BCUT2D eigenvalue weighted by Crippen LogP contribution is -2.42. The first-order valence-corrected chi connectivity index (χ1v) is 11.3. The minimum absolute atomic E-state index is 0.00241. The predicted molar refractivity (Wildman–Crippen MR) is 116 cm³/mol. The number of rotatable bonds is 19. The van der Waals surface area contributed by atoms with E-state index in [2.05, 4.69) is 12.2 Å². The number of esters is 2. The van der Waals surface area contributed by atoms with Crippen LogP contribution < -0.4 is 11.1 Å². The Bertz CT molecular complexity index is 540. The quantitative estimate of drug-likeness (QED) is 0.204. The first-order valence-electron chi connectivity index (χ1n) is 11.3. The summed E-state index contributed by atoms with van der Waals surface area (Å²) in [5, 5.41) is 12.2. The molecule has 0 saturated carbocycles. The van der Waals surface area contributed by atoms with E-state index in [0.717, 1.165) is 19.3 Å². The number of hydrogen-bond donors (Lipinski definition) is 3. The molecule has 0 aromatic heterocycles. The molecule has 180 valence electrons. The molecule has 0 aliphatic heterocycles. The van der Waals surface area contributed by atoms with Gasteiger partial charge in [-0.05, 0) is 12.8 Å². The smallest absolute Gasteiger partial charge is 0.328 e. The number of unbranched alkanes of at least 4 members (excludes halogenated alkanes) is 8. The zero-order chi connectivity index (χ0) is 23.5. The molecule has 0 aliphatic carbocycles. The number of carbonyl (C=O) groups is 4. The summed E-state index contributed by atoms with van der Waals surface area (Å²) in [6, 6.07) is -1.04. The van der Waals surface area contributed by atoms with Crippen molar-refractivity contribution >= 4 is 23.8 Å². The van der Waals surface area contributed by atoms with Crippen LogP contribution in [0, 0.1) is 0 Å². The molecule has 0 unspecified atom stereocenters. The van der Waals surface area contributed by atoms with E-state index >= 15 is 0 Å². The van der Waals surface area contributed by atoms with Gasteiger partial charge in [-0.25, -0.2) is 4.79 Å². The normalized spacial score (nSPS) is 12.6. The summed E-state index contributed by atoms with van der Waals surface area (Å²) in [6.45, 7) is 2.75. The maximum Gasteiger partial charge on any atom is 0.328 e. The van der Waals surface area contributed by atoms with Crippen LogP contribution in [0.5, 0.6) is 0 Å². The molecule has 9 heteroatoms. The van der Waals surface area contributed by atoms with Crippen molar-refractivity contribution < 1.29 is 33.8 Å². The highest BCUT2D eigenvalue weighted by atomic mass is 16.6. The molecule has 0 aromatic rings. The van der Waals surface area contributed by atoms with Crippen molar-refractivity contribution in [1.29, 1.82) is 0 Å². The largest absolute Gasteiger partial charge is 0.463 e. The Labute approximate surface area is 185 Å². The number of nitrogens with two attached hydrogens (primary N) is 1. The van der Waals surface area contributed by atoms with Gasteiger partial charge < -0.3 is 25.6 Å². The molecule has 0 aromatic carbocycles. The molecule has 4 N–H and O–H groups in total. The number of aliphatic hydroxyl groups is 1. The lowest BCUT2D eigenvalue weighted by molar-refractivity contribution is -0.154. The van der Waals surface area contributed by atoms with E-state index in [1.807, 2.05) is 0 Å². The Kier molecular flexibility index (Phi) is 17.3. The van der Waals surface area contributed by atoms with Crippen molar-refractivity contribution in [2.24, 2.45) is 5.73 Å². The van der Waals surface area contributed by atoms with Gasteiger partial charge in [-0.2, -0.15) is 0 Å². The van der Waals surface area contributed by atoms with Crippen LogP contribution in [0.2, 0.25) is 0 Å². The molecule has 0 saturated heterocycles. The number of hydrogen-bond acceptors (Lipinski definition) is 7. The minimum Gasteiger partial charge on any atom is -0.463 e. The molecule has 2 amide bonds. The Hall–Kier alpha value is -2.16. The van der Waals surface area contributed by atoms with Crippen molar-refractivity contribution in [3.05, 3.63) is 0 Å². The Morgan fingerprint density at radius 2 is 1.42 bits per heavy atom. The third-order valence-electron chi connectivity index (χ3n) is 4.68. The van der Waals surface area contributed by atoms with Gasteiger partial charge in [-0.15, -0.1) is 0 Å². The topological polar surface area (TPSA) is 145 Å². The zero-order valence-corrected chi connectivity index (χ0v) is 19.0. The first kappa shape index (κ1) is 28.8. The average Bonchev–Trinajstić information content (AvgIpc) is 2.71. The van der Waals surface area contributed by atoms with Crippen LogP contribution in [-0.4, -0.2) is 54.2 Å². The highest BCUT2D eigenvalue weighted by molar-refractivity contribution is 5.84. The number of nitrogens with one attached hydrogen (secondary N) is 1. The summed E-state index contributed by atoms with van der Waals surface area (Å²) < 4.78 is 9.95. The maximum atomic E-state index is 12.0. The lowest BCUT2D eigenvalue weighted by Gasteiger charge is -2.18. The number of ether oxygens (including phenoxy) is 2. The molecule has 0 aliphatic rings. The maximum absolute atomic E-state index is 12.0. The molecule has 0 heterocycles. The van der Waals surface area contributed by atoms with Crippen LogP contribution in [0.1, 0.15) is 90.9 Å². The Morgan fingerprint density at radius 3 is 1.97 bits per heavy atom. The molecule has 0 radical (unpaired) electrons. The molecule has 0 fully saturated rings. The van der Waals surface area contributed by atoms with Crippen LogP contribution in [0.15, 0.2) is 0 Å². The third kappa shape index (κ3) is 18.3. The minimum atomic E-state index is -1.18. The lowest BCUT2D eigenvalue weighted by atomic mass is 10.1. The standard InChI is InChI=1S/C22H40N2O7/c1-3-4-5-6-7-8-9-10-11-12-21(28)30-15-18(26)16-31-22(29)19(24-17(2)25)13-14-20(23)27/h18-19,26H,3-16H2,1-2H3,(H2,23,27)(H,24,25)/t18-,19-/m0/s1. The second kappa shape index (κ2) is 18.6. The first-order chi connectivity index (χ1) is 14.8. The average molecular weight is 445 g/mol. The fourth-order valence-electron chi connectivity index (χ4n) is 2.95. The van der Waals surface area contributed by atoms with E-state index in [1.165, 1.54) is 45.4 Å². The van der Waals surface area contributed by atoms with Crippen LogP contribution >= 0.6 is 0 Å². The third-order valence-corrected chi connectivity index (χ3v) is 4.68. The van der Waals surface area contributed by atoms with Crippen LogP contribution in [0.4, 0.5) is 0 Å². The summed E-state index contributed by atoms with van der Waals surface area (Å²) in [5.41, 5.74) is 5.05. The SMILES string of the molecule is CCCCCCCCCCCC(=O)OC[C@H](O)COC(=O)[C@H](CCC(N)=O)NC(C)=O. The van der Waals surface area contributed by atoms with Gasteiger partial charge in [0.25, 0.3) is 0 Å². The van der Waals surface area contributed by atoms with E-state index in [0.29, 0.717) is 6.42 Å². The van der Waals surface area contributed by atoms with Crippen LogP contribution in [-0.2, 0) is 28.7 Å². The van der Waals surface area contributed by atoms with Gasteiger partial charge in [0.1, 0.15) is 25.4 Å². The molecule has 0 bridgehead atoms. The molecular weight excluding hydrogens is 404 g/mol. The summed E-state index contributed by atoms with van der Waals surface area (Å²) in [5.74, 6) is -2.26. The van der Waals surface area contributed by atoms with Crippen LogP contribution in [0.25, 0.3) is 0 Å². The van der Waals surface area contributed by atoms with E-state index in [1.54, 1.807) is 0 Å². The van der Waals surface area contributed by atoms with E-state index < -0.39 is 42.5 Å². The fourth-order valence-corrected chi connectivity index (χ4v) is 2.95. The Morgan fingerprint density at radius 1 is 0.871 bits per heavy atom. The summed E-state index contributed by atoms with van der Waals surface area (Å²) >= 11 is 0. The Balaban J connectivity index is 3.91. The van der Waals surface area contributed by atoms with Crippen molar-refractivity contribution in [3.8, 4) is 0 Å². The number of carbonyl (C=O) groups excluding carboxylic acids is 4. The highest BCUT2D eigenvalue weighted by Gasteiger charge is 2.23. The van der Waals surface area contributed by atoms with Gasteiger partial charge in [0, 0.05) is 19.8 Å². The molecular formula is C22H40N2O7. The van der Waals surface area contributed by atoms with Gasteiger partial charge in [0.05, 0.1) is 0 Å². The zero-order valence-electron chi connectivity index (χ0n) is 19.0. The van der Waals surface area contributed by atoms with Gasteiger partial charge in [0.15, 0.2) is 0 Å². The van der Waals surface area contributed by atoms with Crippen molar-refractivity contribution in [3.63, 3.8) is 0 Å². The van der Waals surface area contributed by atoms with Gasteiger partial charge in [-0.3, -0.25) is 14.4 Å². The highest BCUT2D eigenvalue weighted by Crippen LogP contribution is 2.11. The second-order valence-corrected chi connectivity index (χ2v) is 7.80. The molecule has 2 atom stereocenters.